The summed E-state index contributed by atoms with van der Waals surface area (Å²) in [5.41, 5.74) is 1.07. The first-order chi connectivity index (χ1) is 7.77. The Hall–Kier alpha value is -1.29. The number of anilines is 2. The van der Waals surface area contributed by atoms with Crippen LogP contribution in [0, 0.1) is 0 Å². The molecule has 1 aromatic rings. The predicted molar refractivity (Wildman–Crippen MR) is 66.0 cm³/mol. The molecular formula is C12H19N3O. The zero-order valence-electron chi connectivity index (χ0n) is 9.94. The molecule has 0 spiro atoms. The highest BCUT2D eigenvalue weighted by molar-refractivity contribution is 5.64. The van der Waals surface area contributed by atoms with Gasteiger partial charge in [-0.3, -0.25) is 0 Å². The van der Waals surface area contributed by atoms with Gasteiger partial charge < -0.3 is 15.0 Å². The third kappa shape index (κ3) is 2.64. The first-order valence-corrected chi connectivity index (χ1v) is 5.75. The van der Waals surface area contributed by atoms with Crippen molar-refractivity contribution >= 4 is 11.5 Å². The first-order valence-electron chi connectivity index (χ1n) is 5.75. The molecule has 0 amide bonds. The number of aromatic nitrogens is 1. The van der Waals surface area contributed by atoms with Gasteiger partial charge in [0.25, 0.3) is 0 Å². The van der Waals surface area contributed by atoms with E-state index in [9.17, 15) is 0 Å². The highest BCUT2D eigenvalue weighted by atomic mass is 16.5. The SMILES string of the molecule is CN(C)c1ncccc1NCC1CCCO1. The molecule has 2 heterocycles. The van der Waals surface area contributed by atoms with Crippen LogP contribution in [0.3, 0.4) is 0 Å². The molecule has 0 aliphatic carbocycles. The summed E-state index contributed by atoms with van der Waals surface area (Å²) >= 11 is 0. The fraction of sp³-hybridized carbons (Fsp3) is 0.583. The zero-order chi connectivity index (χ0) is 11.4. The van der Waals surface area contributed by atoms with E-state index in [2.05, 4.69) is 16.4 Å². The lowest BCUT2D eigenvalue weighted by Crippen LogP contribution is -2.20. The quantitative estimate of drug-likeness (QED) is 0.840. The molecule has 1 aliphatic rings. The number of rotatable bonds is 4. The van der Waals surface area contributed by atoms with Crippen molar-refractivity contribution in [2.45, 2.75) is 18.9 Å². The Balaban J connectivity index is 1.97. The molecule has 1 aromatic heterocycles. The molecule has 1 saturated heterocycles. The van der Waals surface area contributed by atoms with Crippen LogP contribution in [0.4, 0.5) is 11.5 Å². The Kier molecular flexibility index (Phi) is 3.62. The van der Waals surface area contributed by atoms with E-state index in [0.717, 1.165) is 31.1 Å². The maximum atomic E-state index is 5.58. The maximum Gasteiger partial charge on any atom is 0.151 e. The van der Waals surface area contributed by atoms with Crippen molar-refractivity contribution < 1.29 is 4.74 Å². The number of nitrogens with one attached hydrogen (secondary N) is 1. The molecule has 0 bridgehead atoms. The predicted octanol–water partition coefficient (Wildman–Crippen LogP) is 1.74. The fourth-order valence-electron chi connectivity index (χ4n) is 1.92. The first kappa shape index (κ1) is 11.2. The average molecular weight is 221 g/mol. The molecule has 0 saturated carbocycles. The number of pyridine rings is 1. The minimum Gasteiger partial charge on any atom is -0.379 e. The van der Waals surface area contributed by atoms with Crippen LogP contribution in [-0.2, 0) is 4.74 Å². The summed E-state index contributed by atoms with van der Waals surface area (Å²) < 4.78 is 5.58. The molecule has 1 atom stereocenters. The molecule has 4 heteroatoms. The van der Waals surface area contributed by atoms with Gasteiger partial charge >= 0.3 is 0 Å². The second kappa shape index (κ2) is 5.16. The van der Waals surface area contributed by atoms with Crippen molar-refractivity contribution in [3.8, 4) is 0 Å². The molecule has 1 unspecified atom stereocenters. The normalized spacial score (nSPS) is 19.8. The van der Waals surface area contributed by atoms with Gasteiger partial charge in [0, 0.05) is 33.4 Å². The van der Waals surface area contributed by atoms with Crippen LogP contribution in [-0.4, -0.2) is 38.3 Å². The third-order valence-corrected chi connectivity index (χ3v) is 2.75. The summed E-state index contributed by atoms with van der Waals surface area (Å²) in [6.45, 7) is 1.77. The van der Waals surface area contributed by atoms with Crippen LogP contribution >= 0.6 is 0 Å². The summed E-state index contributed by atoms with van der Waals surface area (Å²) in [4.78, 5) is 6.36. The fourth-order valence-corrected chi connectivity index (χ4v) is 1.92. The number of nitrogens with zero attached hydrogens (tertiary/aromatic N) is 2. The molecule has 4 nitrogen and oxygen atoms in total. The Bertz CT molecular complexity index is 335. The van der Waals surface area contributed by atoms with Crippen molar-refractivity contribution in [1.29, 1.82) is 0 Å². The van der Waals surface area contributed by atoms with Crippen LogP contribution < -0.4 is 10.2 Å². The minimum absolute atomic E-state index is 0.357. The van der Waals surface area contributed by atoms with Gasteiger partial charge in [-0.25, -0.2) is 4.98 Å². The van der Waals surface area contributed by atoms with Crippen LogP contribution in [0.25, 0.3) is 0 Å². The Morgan fingerprint density at radius 3 is 3.12 bits per heavy atom. The van der Waals surface area contributed by atoms with Gasteiger partial charge in [0.05, 0.1) is 11.8 Å². The van der Waals surface area contributed by atoms with Crippen molar-refractivity contribution in [2.75, 3.05) is 37.5 Å². The van der Waals surface area contributed by atoms with Crippen LogP contribution in [0.2, 0.25) is 0 Å². The molecule has 88 valence electrons. The highest BCUT2D eigenvalue weighted by Gasteiger charge is 2.15. The van der Waals surface area contributed by atoms with Gasteiger partial charge in [-0.05, 0) is 25.0 Å². The molecule has 0 radical (unpaired) electrons. The van der Waals surface area contributed by atoms with Gasteiger partial charge in [-0.15, -0.1) is 0 Å². The van der Waals surface area contributed by atoms with Crippen molar-refractivity contribution in [3.05, 3.63) is 18.3 Å². The maximum absolute atomic E-state index is 5.58. The highest BCUT2D eigenvalue weighted by Crippen LogP contribution is 2.21. The van der Waals surface area contributed by atoms with Crippen LogP contribution in [0.15, 0.2) is 18.3 Å². The molecule has 1 aliphatic heterocycles. The largest absolute Gasteiger partial charge is 0.379 e. The second-order valence-corrected chi connectivity index (χ2v) is 4.28. The summed E-state index contributed by atoms with van der Waals surface area (Å²) in [6, 6.07) is 4.00. The van der Waals surface area contributed by atoms with E-state index in [-0.39, 0.29) is 0 Å². The van der Waals surface area contributed by atoms with E-state index in [1.807, 2.05) is 31.3 Å². The summed E-state index contributed by atoms with van der Waals surface area (Å²) in [5.74, 6) is 0.973. The van der Waals surface area contributed by atoms with Crippen LogP contribution in [0.5, 0.6) is 0 Å². The number of ether oxygens (including phenoxy) is 1. The molecule has 1 N–H and O–H groups in total. The van der Waals surface area contributed by atoms with Crippen molar-refractivity contribution in [3.63, 3.8) is 0 Å². The Morgan fingerprint density at radius 1 is 1.56 bits per heavy atom. The van der Waals surface area contributed by atoms with Gasteiger partial charge in [-0.2, -0.15) is 0 Å². The smallest absolute Gasteiger partial charge is 0.151 e. The van der Waals surface area contributed by atoms with E-state index in [0.29, 0.717) is 6.10 Å². The lowest BCUT2D eigenvalue weighted by molar-refractivity contribution is 0.120. The summed E-state index contributed by atoms with van der Waals surface area (Å²) in [6.07, 6.45) is 4.51. The standard InChI is InChI=1S/C12H19N3O/c1-15(2)12-11(6-3-7-13-12)14-9-10-5-4-8-16-10/h3,6-7,10,14H,4-5,8-9H2,1-2H3. The summed E-state index contributed by atoms with van der Waals surface area (Å²) in [7, 11) is 4.00. The zero-order valence-corrected chi connectivity index (χ0v) is 9.94. The van der Waals surface area contributed by atoms with E-state index in [1.165, 1.54) is 6.42 Å². The Labute approximate surface area is 96.6 Å². The third-order valence-electron chi connectivity index (χ3n) is 2.75. The van der Waals surface area contributed by atoms with Crippen molar-refractivity contribution in [2.24, 2.45) is 0 Å². The van der Waals surface area contributed by atoms with Crippen molar-refractivity contribution in [1.82, 2.24) is 4.98 Å². The number of hydrogen-bond acceptors (Lipinski definition) is 4. The summed E-state index contributed by atoms with van der Waals surface area (Å²) in [5, 5.41) is 3.41. The Morgan fingerprint density at radius 2 is 2.44 bits per heavy atom. The molecule has 2 rings (SSSR count). The topological polar surface area (TPSA) is 37.4 Å². The molecular weight excluding hydrogens is 202 g/mol. The van der Waals surface area contributed by atoms with E-state index >= 15 is 0 Å². The average Bonchev–Trinajstić information content (AvgIpc) is 2.79. The monoisotopic (exact) mass is 221 g/mol. The van der Waals surface area contributed by atoms with Gasteiger partial charge in [0.15, 0.2) is 5.82 Å². The molecule has 0 aromatic carbocycles. The van der Waals surface area contributed by atoms with E-state index in [4.69, 9.17) is 4.74 Å². The number of hydrogen-bond donors (Lipinski definition) is 1. The van der Waals surface area contributed by atoms with Gasteiger partial charge in [-0.1, -0.05) is 0 Å². The van der Waals surface area contributed by atoms with Crippen LogP contribution in [0.1, 0.15) is 12.8 Å². The molecule has 1 fully saturated rings. The van der Waals surface area contributed by atoms with E-state index in [1.54, 1.807) is 0 Å². The second-order valence-electron chi connectivity index (χ2n) is 4.28. The lowest BCUT2D eigenvalue weighted by Gasteiger charge is -2.18. The van der Waals surface area contributed by atoms with Gasteiger partial charge in [0.2, 0.25) is 0 Å². The minimum atomic E-state index is 0.357. The van der Waals surface area contributed by atoms with Gasteiger partial charge in [0.1, 0.15) is 0 Å². The lowest BCUT2D eigenvalue weighted by atomic mass is 10.2. The van der Waals surface area contributed by atoms with E-state index < -0.39 is 0 Å². The molecule has 16 heavy (non-hydrogen) atoms.